The lowest BCUT2D eigenvalue weighted by atomic mass is 9.58. The molecule has 0 amide bonds. The zero-order valence-electron chi connectivity index (χ0n) is 19.5. The van der Waals surface area contributed by atoms with E-state index in [1.54, 1.807) is 0 Å². The number of rotatable bonds is 3. The summed E-state index contributed by atoms with van der Waals surface area (Å²) in [7, 11) is 0. The van der Waals surface area contributed by atoms with Crippen molar-refractivity contribution in [2.45, 2.75) is 86.4 Å². The van der Waals surface area contributed by atoms with Gasteiger partial charge in [-0.3, -0.25) is 14.4 Å². The fourth-order valence-electron chi connectivity index (χ4n) is 5.44. The van der Waals surface area contributed by atoms with Gasteiger partial charge in [-0.1, -0.05) is 37.6 Å². The number of allylic oxidation sites excluding steroid dienone is 3. The van der Waals surface area contributed by atoms with E-state index in [9.17, 15) is 14.4 Å². The summed E-state index contributed by atoms with van der Waals surface area (Å²) in [6.45, 7) is 16.9. The summed E-state index contributed by atoms with van der Waals surface area (Å²) < 4.78 is 11.6. The van der Waals surface area contributed by atoms with Crippen molar-refractivity contribution in [3.8, 4) is 0 Å². The van der Waals surface area contributed by atoms with Gasteiger partial charge in [0.25, 0.3) is 0 Å². The van der Waals surface area contributed by atoms with Crippen molar-refractivity contribution in [1.29, 1.82) is 0 Å². The molecule has 2 rings (SSSR count). The first kappa shape index (κ1) is 24.1. The Morgan fingerprint density at radius 3 is 2.20 bits per heavy atom. The Morgan fingerprint density at radius 1 is 1.07 bits per heavy atom. The molecule has 5 nitrogen and oxygen atoms in total. The molecule has 2 aliphatic rings. The molecule has 0 radical (unpaired) electrons. The molecule has 0 aliphatic heterocycles. The van der Waals surface area contributed by atoms with Gasteiger partial charge in [-0.25, -0.2) is 0 Å². The first-order chi connectivity index (χ1) is 13.8. The van der Waals surface area contributed by atoms with Crippen molar-refractivity contribution < 1.29 is 23.9 Å². The Bertz CT molecular complexity index is 804. The minimum atomic E-state index is -0.621. The quantitative estimate of drug-likeness (QED) is 0.473. The molecule has 1 fully saturated rings. The van der Waals surface area contributed by atoms with Crippen LogP contribution in [0, 0.1) is 16.7 Å². The van der Waals surface area contributed by atoms with Gasteiger partial charge >= 0.3 is 11.9 Å². The van der Waals surface area contributed by atoms with Gasteiger partial charge in [-0.05, 0) is 57.1 Å². The third kappa shape index (κ3) is 4.60. The van der Waals surface area contributed by atoms with Crippen LogP contribution in [0.15, 0.2) is 35.5 Å². The highest BCUT2D eigenvalue weighted by molar-refractivity contribution is 5.95. The molecule has 0 bridgehead atoms. The molecule has 0 spiro atoms. The summed E-state index contributed by atoms with van der Waals surface area (Å²) in [4.78, 5) is 37.1. The summed E-state index contributed by atoms with van der Waals surface area (Å²) in [6.07, 6.45) is 5.34. The van der Waals surface area contributed by atoms with E-state index in [1.165, 1.54) is 13.8 Å². The van der Waals surface area contributed by atoms with Gasteiger partial charge in [-0.15, -0.1) is 0 Å². The summed E-state index contributed by atoms with van der Waals surface area (Å²) in [6, 6.07) is 0. The molecule has 2 aliphatic carbocycles. The van der Waals surface area contributed by atoms with E-state index in [-0.39, 0.29) is 30.1 Å². The molecule has 1 saturated carbocycles. The minimum absolute atomic E-state index is 0.0691. The van der Waals surface area contributed by atoms with Crippen LogP contribution in [0.5, 0.6) is 0 Å². The second kappa shape index (κ2) is 8.91. The lowest BCUT2D eigenvalue weighted by Crippen LogP contribution is -2.48. The summed E-state index contributed by atoms with van der Waals surface area (Å²) in [5.41, 5.74) is 1.47. The smallest absolute Gasteiger partial charge is 0.303 e. The Morgan fingerprint density at radius 2 is 1.67 bits per heavy atom. The van der Waals surface area contributed by atoms with Gasteiger partial charge in [0.15, 0.2) is 5.78 Å². The Hall–Kier alpha value is -2.17. The van der Waals surface area contributed by atoms with E-state index < -0.39 is 23.0 Å². The van der Waals surface area contributed by atoms with Crippen molar-refractivity contribution in [3.63, 3.8) is 0 Å². The Balaban J connectivity index is 2.74. The summed E-state index contributed by atoms with van der Waals surface area (Å²) in [5, 5.41) is 0. The first-order valence-electron chi connectivity index (χ1n) is 10.7. The Kier molecular flexibility index (Phi) is 7.16. The molecular weight excluding hydrogens is 380 g/mol. The maximum Gasteiger partial charge on any atom is 0.303 e. The van der Waals surface area contributed by atoms with Crippen molar-refractivity contribution in [2.75, 3.05) is 0 Å². The molecule has 5 heteroatoms. The van der Waals surface area contributed by atoms with Crippen LogP contribution >= 0.6 is 0 Å². The molecule has 166 valence electrons. The summed E-state index contributed by atoms with van der Waals surface area (Å²) >= 11 is 0. The summed E-state index contributed by atoms with van der Waals surface area (Å²) in [5.74, 6) is -0.890. The predicted octanol–water partition coefficient (Wildman–Crippen LogP) is 5.10. The minimum Gasteiger partial charge on any atom is -0.462 e. The van der Waals surface area contributed by atoms with Gasteiger partial charge in [0.05, 0.1) is 0 Å². The van der Waals surface area contributed by atoms with Crippen LogP contribution < -0.4 is 0 Å². The number of fused-ring (bicyclic) bond motifs is 1. The third-order valence-corrected chi connectivity index (χ3v) is 7.15. The SMILES string of the molecule is C=C(C)[C@@H]1[C@@H](OC(C)=O)C[C@]2(C)[C@H](OC(C)=O)/C=C(\C)CC/C=C(\C)C(=O)C[C@@]12C. The van der Waals surface area contributed by atoms with Crippen LogP contribution in [0.1, 0.15) is 74.1 Å². The average Bonchev–Trinajstić information content (AvgIpc) is 2.79. The van der Waals surface area contributed by atoms with Crippen LogP contribution in [-0.2, 0) is 23.9 Å². The van der Waals surface area contributed by atoms with E-state index in [0.717, 1.165) is 29.6 Å². The van der Waals surface area contributed by atoms with Crippen LogP contribution in [-0.4, -0.2) is 29.9 Å². The molecule has 0 saturated heterocycles. The predicted molar refractivity (Wildman–Crippen MR) is 117 cm³/mol. The van der Waals surface area contributed by atoms with Crippen LogP contribution in [0.4, 0.5) is 0 Å². The van der Waals surface area contributed by atoms with Crippen molar-refractivity contribution in [2.24, 2.45) is 16.7 Å². The largest absolute Gasteiger partial charge is 0.462 e. The highest BCUT2D eigenvalue weighted by Gasteiger charge is 2.64. The molecule has 0 aromatic carbocycles. The van der Waals surface area contributed by atoms with E-state index >= 15 is 0 Å². The highest BCUT2D eigenvalue weighted by Crippen LogP contribution is 2.63. The van der Waals surface area contributed by atoms with Crippen molar-refractivity contribution >= 4 is 17.7 Å². The second-order valence-electron chi connectivity index (χ2n) is 9.58. The number of esters is 2. The number of ketones is 1. The number of ether oxygens (including phenoxy) is 2. The maximum atomic E-state index is 13.2. The molecule has 0 aromatic heterocycles. The van der Waals surface area contributed by atoms with E-state index in [4.69, 9.17) is 9.47 Å². The third-order valence-electron chi connectivity index (χ3n) is 7.15. The van der Waals surface area contributed by atoms with Gasteiger partial charge in [0, 0.05) is 31.6 Å². The molecule has 5 atom stereocenters. The number of hydrogen-bond donors (Lipinski definition) is 0. The lowest BCUT2D eigenvalue weighted by Gasteiger charge is -2.47. The normalized spacial score (nSPS) is 38.2. The zero-order chi connectivity index (χ0) is 22.9. The molecule has 0 N–H and O–H groups in total. The Labute approximate surface area is 180 Å². The monoisotopic (exact) mass is 416 g/mol. The first-order valence-corrected chi connectivity index (χ1v) is 10.7. The van der Waals surface area contributed by atoms with Crippen LogP contribution in [0.3, 0.4) is 0 Å². The van der Waals surface area contributed by atoms with Gasteiger partial charge in [0.2, 0.25) is 0 Å². The number of carbonyl (C=O) groups excluding carboxylic acids is 3. The standard InChI is InChI=1S/C25H36O5/c1-15(2)23-21(29-18(5)26)14-24(7)22(30-19(6)27)12-16(3)10-9-11-17(4)20(28)13-25(23,24)8/h11-12,21-23H,1,9-10,13-14H2,2-8H3/b16-12+,17-11+/t21-,22+,23+,24+,25-/m0/s1. The van der Waals surface area contributed by atoms with E-state index in [1.807, 2.05) is 39.8 Å². The molecular formula is C25H36O5. The van der Waals surface area contributed by atoms with Crippen LogP contribution in [0.25, 0.3) is 0 Å². The van der Waals surface area contributed by atoms with Crippen molar-refractivity contribution in [1.82, 2.24) is 0 Å². The second-order valence-corrected chi connectivity index (χ2v) is 9.58. The van der Waals surface area contributed by atoms with E-state index in [2.05, 4.69) is 13.5 Å². The molecule has 0 aromatic rings. The lowest BCUT2D eigenvalue weighted by molar-refractivity contribution is -0.155. The van der Waals surface area contributed by atoms with Crippen molar-refractivity contribution in [3.05, 3.63) is 35.5 Å². The van der Waals surface area contributed by atoms with Crippen LogP contribution in [0.2, 0.25) is 0 Å². The van der Waals surface area contributed by atoms with Gasteiger partial charge in [-0.2, -0.15) is 0 Å². The molecule has 0 unspecified atom stereocenters. The number of carbonyl (C=O) groups is 3. The molecule has 30 heavy (non-hydrogen) atoms. The number of Topliss-reactive ketones (excluding diaryl/α,β-unsaturated/α-hetero) is 1. The number of hydrogen-bond acceptors (Lipinski definition) is 5. The van der Waals surface area contributed by atoms with E-state index in [0.29, 0.717) is 6.42 Å². The topological polar surface area (TPSA) is 69.7 Å². The van der Waals surface area contributed by atoms with Gasteiger partial charge in [0.1, 0.15) is 12.2 Å². The van der Waals surface area contributed by atoms with Gasteiger partial charge < -0.3 is 9.47 Å². The fourth-order valence-corrected chi connectivity index (χ4v) is 5.44. The highest BCUT2D eigenvalue weighted by atomic mass is 16.6. The fraction of sp³-hybridized carbons (Fsp3) is 0.640. The zero-order valence-corrected chi connectivity index (χ0v) is 19.5. The molecule has 0 heterocycles. The average molecular weight is 417 g/mol. The maximum absolute atomic E-state index is 13.2.